The fourth-order valence-corrected chi connectivity index (χ4v) is 5.06. The maximum Gasteiger partial charge on any atom is 0.0631 e. The first-order valence-electron chi connectivity index (χ1n) is 10.5. The van der Waals surface area contributed by atoms with Crippen LogP contribution in [-0.2, 0) is 0 Å². The van der Waals surface area contributed by atoms with Gasteiger partial charge in [-0.1, -0.05) is 54.9 Å². The normalized spacial score (nSPS) is 28.1. The van der Waals surface area contributed by atoms with Gasteiger partial charge in [0.25, 0.3) is 0 Å². The van der Waals surface area contributed by atoms with Crippen molar-refractivity contribution in [3.8, 4) is 0 Å². The fourth-order valence-electron chi connectivity index (χ4n) is 5.06. The van der Waals surface area contributed by atoms with Gasteiger partial charge in [0.15, 0.2) is 0 Å². The molecule has 144 valence electrons. The summed E-state index contributed by atoms with van der Waals surface area (Å²) in [5.41, 5.74) is 0.815. The lowest BCUT2D eigenvalue weighted by atomic mass is 9.63. The van der Waals surface area contributed by atoms with E-state index in [1.54, 1.807) is 0 Å². The Hall–Kier alpha value is -0.0800. The lowest BCUT2D eigenvalue weighted by molar-refractivity contribution is 0.0373. The summed E-state index contributed by atoms with van der Waals surface area (Å²) in [7, 11) is 0. The van der Waals surface area contributed by atoms with Gasteiger partial charge in [0.05, 0.1) is 6.17 Å². The van der Waals surface area contributed by atoms with Crippen molar-refractivity contribution in [1.29, 1.82) is 0 Å². The van der Waals surface area contributed by atoms with Crippen LogP contribution in [0.1, 0.15) is 101 Å². The van der Waals surface area contributed by atoms with Crippen LogP contribution >= 0.6 is 0 Å². The maximum atomic E-state index is 3.99. The first kappa shape index (κ1) is 22.0. The van der Waals surface area contributed by atoms with Gasteiger partial charge in [-0.3, -0.25) is 10.6 Å². The number of rotatable bonds is 9. The van der Waals surface area contributed by atoms with E-state index in [0.717, 1.165) is 11.8 Å². The van der Waals surface area contributed by atoms with Crippen LogP contribution < -0.4 is 10.6 Å². The van der Waals surface area contributed by atoms with E-state index in [9.17, 15) is 0 Å². The number of nitrogens with one attached hydrogen (secondary N) is 2. The first-order chi connectivity index (χ1) is 10.9. The molecule has 3 unspecified atom stereocenters. The van der Waals surface area contributed by atoms with Crippen molar-refractivity contribution >= 4 is 0 Å². The molecule has 0 spiro atoms. The average Bonchev–Trinajstić information content (AvgIpc) is 2.34. The molecule has 0 heterocycles. The SMILES string of the molecule is CC(C)CC(C)NC(NC(C)CC(C)C)C1(C)CCCC(C)(C)C1. The smallest absolute Gasteiger partial charge is 0.0631 e. The average molecular weight is 339 g/mol. The van der Waals surface area contributed by atoms with E-state index in [4.69, 9.17) is 0 Å². The predicted molar refractivity (Wildman–Crippen MR) is 108 cm³/mol. The summed E-state index contributed by atoms with van der Waals surface area (Å²) in [5, 5.41) is 7.98. The van der Waals surface area contributed by atoms with Crippen LogP contribution in [0.2, 0.25) is 0 Å². The third kappa shape index (κ3) is 7.44. The third-order valence-electron chi connectivity index (χ3n) is 5.73. The predicted octanol–water partition coefficient (Wildman–Crippen LogP) is 5.97. The Morgan fingerprint density at radius 2 is 1.21 bits per heavy atom. The molecule has 0 aromatic heterocycles. The molecule has 0 aromatic rings. The zero-order chi connectivity index (χ0) is 18.5. The van der Waals surface area contributed by atoms with Crippen LogP contribution in [0.5, 0.6) is 0 Å². The third-order valence-corrected chi connectivity index (χ3v) is 5.73. The van der Waals surface area contributed by atoms with Crippen molar-refractivity contribution in [1.82, 2.24) is 10.6 Å². The van der Waals surface area contributed by atoms with E-state index in [0.29, 0.717) is 29.1 Å². The Labute approximate surface area is 152 Å². The lowest BCUT2D eigenvalue weighted by Crippen LogP contribution is -2.60. The molecule has 0 saturated heterocycles. The summed E-state index contributed by atoms with van der Waals surface area (Å²) < 4.78 is 0. The Bertz CT molecular complexity index is 343. The zero-order valence-corrected chi connectivity index (χ0v) is 18.1. The van der Waals surface area contributed by atoms with Gasteiger partial charge in [0, 0.05) is 12.1 Å². The molecule has 1 rings (SSSR count). The van der Waals surface area contributed by atoms with Crippen molar-refractivity contribution in [3.05, 3.63) is 0 Å². The molecule has 1 fully saturated rings. The molecule has 1 saturated carbocycles. The standard InChI is InChI=1S/C22H46N2/c1-16(2)13-18(5)23-20(24-19(6)14-17(3)4)22(9)12-10-11-21(7,8)15-22/h16-20,23-24H,10-15H2,1-9H3. The Morgan fingerprint density at radius 1 is 0.750 bits per heavy atom. The maximum absolute atomic E-state index is 3.99. The van der Waals surface area contributed by atoms with Crippen molar-refractivity contribution in [2.24, 2.45) is 22.7 Å². The Balaban J connectivity index is 2.86. The summed E-state index contributed by atoms with van der Waals surface area (Å²) in [5.74, 6) is 1.49. The molecule has 1 aliphatic rings. The molecule has 2 N–H and O–H groups in total. The minimum Gasteiger partial charge on any atom is -0.299 e. The highest BCUT2D eigenvalue weighted by Gasteiger charge is 2.42. The quantitative estimate of drug-likeness (QED) is 0.506. The van der Waals surface area contributed by atoms with E-state index in [1.807, 2.05) is 0 Å². The fraction of sp³-hybridized carbons (Fsp3) is 1.00. The summed E-state index contributed by atoms with van der Waals surface area (Å²) >= 11 is 0. The van der Waals surface area contributed by atoms with Gasteiger partial charge in [0.1, 0.15) is 0 Å². The highest BCUT2D eigenvalue weighted by molar-refractivity contribution is 4.95. The van der Waals surface area contributed by atoms with Gasteiger partial charge in [-0.2, -0.15) is 0 Å². The number of hydrogen-bond acceptors (Lipinski definition) is 2. The van der Waals surface area contributed by atoms with Gasteiger partial charge < -0.3 is 0 Å². The molecule has 3 atom stereocenters. The largest absolute Gasteiger partial charge is 0.299 e. The summed E-state index contributed by atoms with van der Waals surface area (Å²) in [4.78, 5) is 0. The van der Waals surface area contributed by atoms with Crippen LogP contribution in [0.3, 0.4) is 0 Å². The van der Waals surface area contributed by atoms with Crippen LogP contribution in [0.25, 0.3) is 0 Å². The minimum atomic E-state index is 0.345. The van der Waals surface area contributed by atoms with E-state index in [2.05, 4.69) is 72.9 Å². The first-order valence-corrected chi connectivity index (χ1v) is 10.5. The second-order valence-corrected chi connectivity index (χ2v) is 10.7. The van der Waals surface area contributed by atoms with E-state index < -0.39 is 0 Å². The van der Waals surface area contributed by atoms with Crippen molar-refractivity contribution in [3.63, 3.8) is 0 Å². The van der Waals surface area contributed by atoms with Gasteiger partial charge in [0.2, 0.25) is 0 Å². The van der Waals surface area contributed by atoms with Crippen LogP contribution in [0, 0.1) is 22.7 Å². The molecule has 0 bridgehead atoms. The molecule has 24 heavy (non-hydrogen) atoms. The molecular weight excluding hydrogens is 292 g/mol. The highest BCUT2D eigenvalue weighted by atomic mass is 15.2. The van der Waals surface area contributed by atoms with Crippen molar-refractivity contribution in [2.45, 2.75) is 119 Å². The van der Waals surface area contributed by atoms with Crippen LogP contribution in [0.15, 0.2) is 0 Å². The molecule has 0 aromatic carbocycles. The van der Waals surface area contributed by atoms with Gasteiger partial charge in [-0.15, -0.1) is 0 Å². The monoisotopic (exact) mass is 338 g/mol. The number of hydrogen-bond donors (Lipinski definition) is 2. The van der Waals surface area contributed by atoms with Gasteiger partial charge in [-0.25, -0.2) is 0 Å². The van der Waals surface area contributed by atoms with Crippen molar-refractivity contribution in [2.75, 3.05) is 0 Å². The molecule has 1 aliphatic carbocycles. The highest BCUT2D eigenvalue weighted by Crippen LogP contribution is 2.47. The zero-order valence-electron chi connectivity index (χ0n) is 18.1. The molecular formula is C22H46N2. The second kappa shape index (κ2) is 9.03. The van der Waals surface area contributed by atoms with Crippen LogP contribution in [0.4, 0.5) is 0 Å². The lowest BCUT2D eigenvalue weighted by Gasteiger charge is -2.49. The minimum absolute atomic E-state index is 0.345. The van der Waals surface area contributed by atoms with Crippen LogP contribution in [-0.4, -0.2) is 18.2 Å². The molecule has 2 nitrogen and oxygen atoms in total. The molecule has 0 radical (unpaired) electrons. The van der Waals surface area contributed by atoms with E-state index in [-0.39, 0.29) is 0 Å². The molecule has 2 heteroatoms. The topological polar surface area (TPSA) is 24.1 Å². The molecule has 0 amide bonds. The second-order valence-electron chi connectivity index (χ2n) is 10.7. The van der Waals surface area contributed by atoms with Gasteiger partial charge in [-0.05, 0) is 68.6 Å². The van der Waals surface area contributed by atoms with Gasteiger partial charge >= 0.3 is 0 Å². The van der Waals surface area contributed by atoms with E-state index in [1.165, 1.54) is 38.5 Å². The molecule has 0 aliphatic heterocycles. The Morgan fingerprint density at radius 3 is 1.58 bits per heavy atom. The van der Waals surface area contributed by atoms with Crippen molar-refractivity contribution < 1.29 is 0 Å². The summed E-state index contributed by atoms with van der Waals surface area (Å²) in [6, 6.07) is 1.13. The summed E-state index contributed by atoms with van der Waals surface area (Å²) in [6.07, 6.45) is 8.29. The Kier molecular flexibility index (Phi) is 8.26. The summed E-state index contributed by atoms with van der Waals surface area (Å²) in [6.45, 7) is 21.5. The van der Waals surface area contributed by atoms with E-state index >= 15 is 0 Å².